The molecule has 0 fully saturated rings. The molecule has 0 saturated carbocycles. The Hall–Kier alpha value is -2.03. The van der Waals surface area contributed by atoms with Crippen LogP contribution in [-0.4, -0.2) is 0 Å². The summed E-state index contributed by atoms with van der Waals surface area (Å²) >= 11 is 0. The average molecular weight is 358 g/mol. The van der Waals surface area contributed by atoms with Crippen LogP contribution in [0.5, 0.6) is 0 Å². The second kappa shape index (κ2) is 8.11. The van der Waals surface area contributed by atoms with E-state index in [-0.39, 0.29) is 5.82 Å². The zero-order valence-electron chi connectivity index (χ0n) is 15.5. The Kier molecular flexibility index (Phi) is 5.85. The Morgan fingerprint density at radius 2 is 1.69 bits per heavy atom. The first-order chi connectivity index (χ1) is 12.5. The summed E-state index contributed by atoms with van der Waals surface area (Å²) in [7, 11) is 0. The normalized spacial score (nSPS) is 13.5. The zero-order valence-corrected chi connectivity index (χ0v) is 15.5. The number of benzene rings is 2. The number of unbranched alkanes of at least 4 members (excludes halogenated alkanes) is 2. The number of fused-ring (bicyclic) bond motifs is 1. The van der Waals surface area contributed by atoms with Crippen molar-refractivity contribution < 1.29 is 13.2 Å². The summed E-state index contributed by atoms with van der Waals surface area (Å²) in [6.45, 7) is 4.01. The lowest BCUT2D eigenvalue weighted by Crippen LogP contribution is -2.08. The number of aryl methyl sites for hydroxylation is 2. The first kappa shape index (κ1) is 18.8. The zero-order chi connectivity index (χ0) is 18.7. The van der Waals surface area contributed by atoms with E-state index in [1.165, 1.54) is 0 Å². The van der Waals surface area contributed by atoms with Crippen LogP contribution >= 0.6 is 0 Å². The smallest absolute Gasteiger partial charge is 0.166 e. The predicted molar refractivity (Wildman–Crippen MR) is 101 cm³/mol. The fraction of sp³-hybridized carbons (Fsp3) is 0.391. The van der Waals surface area contributed by atoms with E-state index in [9.17, 15) is 13.2 Å². The molecule has 3 heteroatoms. The van der Waals surface area contributed by atoms with E-state index in [0.29, 0.717) is 42.4 Å². The van der Waals surface area contributed by atoms with Crippen LogP contribution in [-0.2, 0) is 25.7 Å². The molecule has 1 aliphatic carbocycles. The van der Waals surface area contributed by atoms with Crippen molar-refractivity contribution in [3.05, 3.63) is 75.6 Å². The Balaban J connectivity index is 1.86. The second-order valence-electron chi connectivity index (χ2n) is 7.03. The van der Waals surface area contributed by atoms with Crippen molar-refractivity contribution in [2.45, 2.75) is 58.8 Å². The number of hydrogen-bond acceptors (Lipinski definition) is 0. The highest BCUT2D eigenvalue weighted by Gasteiger charge is 2.20. The number of allylic oxidation sites excluding steroid dienone is 2. The lowest BCUT2D eigenvalue weighted by molar-refractivity contribution is 0.493. The number of halogens is 3. The van der Waals surface area contributed by atoms with Gasteiger partial charge in [-0.05, 0) is 66.0 Å². The molecule has 0 bridgehead atoms. The van der Waals surface area contributed by atoms with E-state index in [0.717, 1.165) is 36.0 Å². The molecule has 26 heavy (non-hydrogen) atoms. The van der Waals surface area contributed by atoms with Crippen LogP contribution in [0, 0.1) is 17.5 Å². The van der Waals surface area contributed by atoms with Gasteiger partial charge in [-0.2, -0.15) is 0 Å². The Labute approximate surface area is 153 Å². The fourth-order valence-electron chi connectivity index (χ4n) is 3.65. The van der Waals surface area contributed by atoms with Gasteiger partial charge in [-0.15, -0.1) is 0 Å². The summed E-state index contributed by atoms with van der Waals surface area (Å²) in [6, 6.07) is 6.81. The summed E-state index contributed by atoms with van der Waals surface area (Å²) in [5.41, 5.74) is 4.11. The van der Waals surface area contributed by atoms with Crippen molar-refractivity contribution in [1.29, 1.82) is 0 Å². The second-order valence-corrected chi connectivity index (χ2v) is 7.03. The van der Waals surface area contributed by atoms with Crippen molar-refractivity contribution >= 4 is 5.57 Å². The van der Waals surface area contributed by atoms with Crippen LogP contribution in [0.2, 0.25) is 0 Å². The van der Waals surface area contributed by atoms with Crippen LogP contribution in [0.25, 0.3) is 5.57 Å². The number of rotatable bonds is 6. The standard InChI is InChI=1S/C23H25F3/c1-3-5-6-7-16-10-11-20(23(26)22(16)25)18-9-8-17-12-15(4-2)21(24)14-19(17)13-18/h9-12,14H,3-8,13H2,1-2H3. The Morgan fingerprint density at radius 3 is 2.42 bits per heavy atom. The maximum atomic E-state index is 14.6. The molecule has 2 aromatic carbocycles. The molecule has 0 amide bonds. The third-order valence-corrected chi connectivity index (χ3v) is 5.26. The highest BCUT2D eigenvalue weighted by Crippen LogP contribution is 2.32. The van der Waals surface area contributed by atoms with Crippen LogP contribution in [0.3, 0.4) is 0 Å². The molecular formula is C23H25F3. The topological polar surface area (TPSA) is 0 Å². The highest BCUT2D eigenvalue weighted by atomic mass is 19.2. The van der Waals surface area contributed by atoms with Crippen LogP contribution < -0.4 is 0 Å². The SMILES string of the molecule is CCCCCc1ccc(C2=CCc3cc(CC)c(F)cc3C2)c(F)c1F. The molecule has 0 aliphatic heterocycles. The van der Waals surface area contributed by atoms with Gasteiger partial charge in [0.25, 0.3) is 0 Å². The molecule has 0 nitrogen and oxygen atoms in total. The van der Waals surface area contributed by atoms with Crippen molar-refractivity contribution in [3.8, 4) is 0 Å². The highest BCUT2D eigenvalue weighted by molar-refractivity contribution is 5.71. The van der Waals surface area contributed by atoms with Crippen LogP contribution in [0.15, 0.2) is 30.3 Å². The van der Waals surface area contributed by atoms with Gasteiger partial charge in [-0.3, -0.25) is 0 Å². The maximum Gasteiger partial charge on any atom is 0.166 e. The van der Waals surface area contributed by atoms with Crippen molar-refractivity contribution in [3.63, 3.8) is 0 Å². The van der Waals surface area contributed by atoms with E-state index < -0.39 is 11.6 Å². The molecule has 0 heterocycles. The monoisotopic (exact) mass is 358 g/mol. The molecule has 1 aliphatic rings. The molecule has 0 aromatic heterocycles. The van der Waals surface area contributed by atoms with Crippen molar-refractivity contribution in [1.82, 2.24) is 0 Å². The largest absolute Gasteiger partial charge is 0.207 e. The molecular weight excluding hydrogens is 333 g/mol. The van der Waals surface area contributed by atoms with Gasteiger partial charge in [0.2, 0.25) is 0 Å². The van der Waals surface area contributed by atoms with E-state index in [1.807, 2.05) is 19.1 Å². The van der Waals surface area contributed by atoms with Gasteiger partial charge in [0.05, 0.1) is 0 Å². The quantitative estimate of drug-likeness (QED) is 0.512. The van der Waals surface area contributed by atoms with Gasteiger partial charge in [-0.25, -0.2) is 13.2 Å². The molecule has 0 unspecified atom stereocenters. The minimum atomic E-state index is -0.778. The first-order valence-corrected chi connectivity index (χ1v) is 9.51. The summed E-state index contributed by atoms with van der Waals surface area (Å²) in [4.78, 5) is 0. The fourth-order valence-corrected chi connectivity index (χ4v) is 3.65. The van der Waals surface area contributed by atoms with E-state index in [4.69, 9.17) is 0 Å². The van der Waals surface area contributed by atoms with Gasteiger partial charge in [0, 0.05) is 5.56 Å². The van der Waals surface area contributed by atoms with Gasteiger partial charge in [0.15, 0.2) is 11.6 Å². The van der Waals surface area contributed by atoms with Gasteiger partial charge in [-0.1, -0.05) is 51.0 Å². The molecule has 3 rings (SSSR count). The first-order valence-electron chi connectivity index (χ1n) is 9.51. The lowest BCUT2D eigenvalue weighted by Gasteiger charge is -2.20. The Morgan fingerprint density at radius 1 is 0.885 bits per heavy atom. The minimum absolute atomic E-state index is 0.217. The van der Waals surface area contributed by atoms with E-state index in [2.05, 4.69) is 6.92 Å². The summed E-state index contributed by atoms with van der Waals surface area (Å²) < 4.78 is 43.2. The molecule has 0 N–H and O–H groups in total. The molecule has 0 atom stereocenters. The van der Waals surface area contributed by atoms with E-state index >= 15 is 0 Å². The average Bonchev–Trinajstić information content (AvgIpc) is 2.64. The minimum Gasteiger partial charge on any atom is -0.207 e. The third-order valence-electron chi connectivity index (χ3n) is 5.26. The van der Waals surface area contributed by atoms with Crippen LogP contribution in [0.1, 0.15) is 60.9 Å². The predicted octanol–water partition coefficient (Wildman–Crippen LogP) is 6.58. The maximum absolute atomic E-state index is 14.6. The lowest BCUT2D eigenvalue weighted by atomic mass is 9.86. The molecule has 2 aromatic rings. The third kappa shape index (κ3) is 3.72. The van der Waals surface area contributed by atoms with Gasteiger partial charge >= 0.3 is 0 Å². The molecule has 138 valence electrons. The van der Waals surface area contributed by atoms with Gasteiger partial charge < -0.3 is 0 Å². The number of hydrogen-bond donors (Lipinski definition) is 0. The van der Waals surface area contributed by atoms with Crippen LogP contribution in [0.4, 0.5) is 13.2 Å². The summed E-state index contributed by atoms with van der Waals surface area (Å²) in [5, 5.41) is 0. The van der Waals surface area contributed by atoms with Crippen molar-refractivity contribution in [2.75, 3.05) is 0 Å². The van der Waals surface area contributed by atoms with Gasteiger partial charge in [0.1, 0.15) is 5.82 Å². The van der Waals surface area contributed by atoms with Crippen molar-refractivity contribution in [2.24, 2.45) is 0 Å². The van der Waals surface area contributed by atoms with E-state index in [1.54, 1.807) is 18.2 Å². The molecule has 0 radical (unpaired) electrons. The summed E-state index contributed by atoms with van der Waals surface area (Å²) in [6.07, 6.45) is 7.12. The molecule has 0 spiro atoms. The Bertz CT molecular complexity index is 834. The molecule has 0 saturated heterocycles. The summed E-state index contributed by atoms with van der Waals surface area (Å²) in [5.74, 6) is -1.73.